The van der Waals surface area contributed by atoms with Crippen LogP contribution in [0.5, 0.6) is 0 Å². The van der Waals surface area contributed by atoms with E-state index in [1.54, 1.807) is 0 Å². The number of aromatic nitrogens is 1. The van der Waals surface area contributed by atoms with Crippen molar-refractivity contribution in [3.05, 3.63) is 62.5 Å². The minimum atomic E-state index is 0.692. The predicted molar refractivity (Wildman–Crippen MR) is 87.6 cm³/mol. The average molecular weight is 397 g/mol. The first kappa shape index (κ1) is 13.1. The molecule has 0 aliphatic carbocycles. The summed E-state index contributed by atoms with van der Waals surface area (Å²) in [6.07, 6.45) is 0. The van der Waals surface area contributed by atoms with Gasteiger partial charge in [-0.05, 0) is 34.1 Å². The van der Waals surface area contributed by atoms with Gasteiger partial charge in [0.2, 0.25) is 0 Å². The van der Waals surface area contributed by atoms with E-state index in [4.69, 9.17) is 16.6 Å². The molecule has 0 amide bonds. The average Bonchev–Trinajstić information content (AvgIpc) is 2.43. The fraction of sp³-hybridized carbons (Fsp3) is 0. The summed E-state index contributed by atoms with van der Waals surface area (Å²) >= 11 is 13.4. The van der Waals surface area contributed by atoms with Crippen molar-refractivity contribution in [3.8, 4) is 11.3 Å². The molecule has 0 radical (unpaired) electrons. The van der Waals surface area contributed by atoms with Gasteiger partial charge in [-0.3, -0.25) is 0 Å². The topological polar surface area (TPSA) is 12.9 Å². The lowest BCUT2D eigenvalue weighted by atomic mass is 10.1. The van der Waals surface area contributed by atoms with E-state index < -0.39 is 0 Å². The zero-order valence-corrected chi connectivity index (χ0v) is 13.6. The van der Waals surface area contributed by atoms with Gasteiger partial charge in [0.15, 0.2) is 0 Å². The summed E-state index contributed by atoms with van der Waals surface area (Å²) in [5.74, 6) is 0. The van der Waals surface area contributed by atoms with Crippen molar-refractivity contribution >= 4 is 54.4 Å². The number of halogens is 3. The lowest BCUT2D eigenvalue weighted by Gasteiger charge is -2.08. The van der Waals surface area contributed by atoms with E-state index in [0.29, 0.717) is 5.02 Å². The molecule has 3 rings (SSSR count). The van der Waals surface area contributed by atoms with Crippen LogP contribution in [0.1, 0.15) is 0 Å². The van der Waals surface area contributed by atoms with Gasteiger partial charge in [0, 0.05) is 19.9 Å². The monoisotopic (exact) mass is 395 g/mol. The van der Waals surface area contributed by atoms with Gasteiger partial charge in [0.1, 0.15) is 0 Å². The molecule has 1 heterocycles. The van der Waals surface area contributed by atoms with Crippen LogP contribution in [-0.2, 0) is 0 Å². The second kappa shape index (κ2) is 5.23. The van der Waals surface area contributed by atoms with E-state index in [0.717, 1.165) is 31.1 Å². The van der Waals surface area contributed by atoms with E-state index in [2.05, 4.69) is 31.9 Å². The lowest BCUT2D eigenvalue weighted by Crippen LogP contribution is -1.88. The van der Waals surface area contributed by atoms with E-state index in [-0.39, 0.29) is 0 Å². The van der Waals surface area contributed by atoms with Crippen molar-refractivity contribution in [3.63, 3.8) is 0 Å². The molecule has 1 nitrogen and oxygen atoms in total. The number of rotatable bonds is 1. The normalized spacial score (nSPS) is 10.9. The van der Waals surface area contributed by atoms with Crippen molar-refractivity contribution in [1.82, 2.24) is 4.98 Å². The van der Waals surface area contributed by atoms with Gasteiger partial charge in [-0.25, -0.2) is 4.98 Å². The van der Waals surface area contributed by atoms with Gasteiger partial charge in [-0.2, -0.15) is 0 Å². The maximum atomic E-state index is 6.40. The molecule has 1 aromatic heterocycles. The summed E-state index contributed by atoms with van der Waals surface area (Å²) < 4.78 is 1.88. The minimum Gasteiger partial charge on any atom is -0.246 e. The summed E-state index contributed by atoms with van der Waals surface area (Å²) in [7, 11) is 0. The number of benzene rings is 2. The third-order valence-electron chi connectivity index (χ3n) is 2.88. The SMILES string of the molecule is Clc1cc(-c2ccccc2)nc2c(Br)ccc(Br)c12. The van der Waals surface area contributed by atoms with Gasteiger partial charge in [0.25, 0.3) is 0 Å². The van der Waals surface area contributed by atoms with Gasteiger partial charge < -0.3 is 0 Å². The third kappa shape index (κ3) is 2.42. The van der Waals surface area contributed by atoms with Crippen LogP contribution in [0.3, 0.4) is 0 Å². The molecular formula is C15H8Br2ClN. The summed E-state index contributed by atoms with van der Waals surface area (Å²) in [6, 6.07) is 15.8. The fourth-order valence-electron chi connectivity index (χ4n) is 1.98. The number of hydrogen-bond acceptors (Lipinski definition) is 1. The summed E-state index contributed by atoms with van der Waals surface area (Å²) in [5.41, 5.74) is 2.79. The molecule has 4 heteroatoms. The van der Waals surface area contributed by atoms with Gasteiger partial charge in [0.05, 0.1) is 16.2 Å². The van der Waals surface area contributed by atoms with Crippen molar-refractivity contribution in [1.29, 1.82) is 0 Å². The minimum absolute atomic E-state index is 0.692. The van der Waals surface area contributed by atoms with Crippen LogP contribution in [0.2, 0.25) is 5.02 Å². The second-order valence-electron chi connectivity index (χ2n) is 4.11. The highest BCUT2D eigenvalue weighted by atomic mass is 79.9. The molecule has 3 aromatic rings. The Hall–Kier alpha value is -0.900. The Labute approximate surface area is 132 Å². The largest absolute Gasteiger partial charge is 0.246 e. The highest BCUT2D eigenvalue weighted by Gasteiger charge is 2.11. The lowest BCUT2D eigenvalue weighted by molar-refractivity contribution is 1.39. The third-order valence-corrected chi connectivity index (χ3v) is 4.48. The second-order valence-corrected chi connectivity index (χ2v) is 6.22. The number of fused-ring (bicyclic) bond motifs is 1. The smallest absolute Gasteiger partial charge is 0.0877 e. The fourth-order valence-corrected chi connectivity index (χ4v) is 3.34. The standard InChI is InChI=1S/C15H8Br2ClN/c16-10-6-7-11(17)15-14(10)12(18)8-13(19-15)9-4-2-1-3-5-9/h1-8H. The molecule has 0 fully saturated rings. The van der Waals surface area contributed by atoms with E-state index >= 15 is 0 Å². The molecule has 94 valence electrons. The Bertz CT molecular complexity index is 757. The highest BCUT2D eigenvalue weighted by Crippen LogP contribution is 2.36. The predicted octanol–water partition coefficient (Wildman–Crippen LogP) is 6.08. The van der Waals surface area contributed by atoms with Gasteiger partial charge >= 0.3 is 0 Å². The van der Waals surface area contributed by atoms with E-state index in [1.807, 2.05) is 48.5 Å². The molecule has 0 bridgehead atoms. The van der Waals surface area contributed by atoms with E-state index in [9.17, 15) is 0 Å². The van der Waals surface area contributed by atoms with Crippen molar-refractivity contribution in [2.75, 3.05) is 0 Å². The van der Waals surface area contributed by atoms with Crippen LogP contribution in [0.15, 0.2) is 57.5 Å². The Balaban J connectivity index is 2.34. The molecule has 0 spiro atoms. The van der Waals surface area contributed by atoms with Crippen LogP contribution in [0.4, 0.5) is 0 Å². The molecule has 0 aliphatic heterocycles. The maximum absolute atomic E-state index is 6.40. The van der Waals surface area contributed by atoms with E-state index in [1.165, 1.54) is 0 Å². The van der Waals surface area contributed by atoms with Crippen molar-refractivity contribution in [2.24, 2.45) is 0 Å². The number of pyridine rings is 1. The Morgan fingerprint density at radius 1 is 0.895 bits per heavy atom. The summed E-state index contributed by atoms with van der Waals surface area (Å²) in [6.45, 7) is 0. The molecule has 19 heavy (non-hydrogen) atoms. The molecule has 0 unspecified atom stereocenters. The van der Waals surface area contributed by atoms with Crippen molar-refractivity contribution in [2.45, 2.75) is 0 Å². The number of hydrogen-bond donors (Lipinski definition) is 0. The van der Waals surface area contributed by atoms with Crippen molar-refractivity contribution < 1.29 is 0 Å². The molecule has 0 atom stereocenters. The molecule has 0 N–H and O–H groups in total. The molecule has 0 saturated carbocycles. The first-order valence-corrected chi connectivity index (χ1v) is 7.63. The zero-order chi connectivity index (χ0) is 13.4. The van der Waals surface area contributed by atoms with Gasteiger partial charge in [-0.15, -0.1) is 0 Å². The number of nitrogens with zero attached hydrogens (tertiary/aromatic N) is 1. The Kier molecular flexibility index (Phi) is 3.61. The highest BCUT2D eigenvalue weighted by molar-refractivity contribution is 9.11. The Morgan fingerprint density at radius 2 is 1.58 bits per heavy atom. The summed E-state index contributed by atoms with van der Waals surface area (Å²) in [4.78, 5) is 4.71. The summed E-state index contributed by atoms with van der Waals surface area (Å²) in [5, 5.41) is 1.62. The van der Waals surface area contributed by atoms with Crippen LogP contribution in [-0.4, -0.2) is 4.98 Å². The molecular weight excluding hydrogens is 389 g/mol. The van der Waals surface area contributed by atoms with Crippen LogP contribution < -0.4 is 0 Å². The molecule has 0 aliphatic rings. The van der Waals surface area contributed by atoms with Crippen LogP contribution in [0.25, 0.3) is 22.2 Å². The molecule has 0 saturated heterocycles. The molecule has 2 aromatic carbocycles. The maximum Gasteiger partial charge on any atom is 0.0877 e. The first-order valence-electron chi connectivity index (χ1n) is 5.66. The van der Waals surface area contributed by atoms with Crippen LogP contribution in [0, 0.1) is 0 Å². The van der Waals surface area contributed by atoms with Gasteiger partial charge in [-0.1, -0.05) is 57.9 Å². The quantitative estimate of drug-likeness (QED) is 0.485. The Morgan fingerprint density at radius 3 is 2.32 bits per heavy atom. The zero-order valence-electron chi connectivity index (χ0n) is 9.70. The first-order chi connectivity index (χ1) is 9.16. The van der Waals surface area contributed by atoms with Crippen LogP contribution >= 0.6 is 43.5 Å².